The van der Waals surface area contributed by atoms with Gasteiger partial charge in [0.15, 0.2) is 0 Å². The molecule has 0 spiro atoms. The van der Waals surface area contributed by atoms with Crippen molar-refractivity contribution in [1.82, 2.24) is 0 Å². The van der Waals surface area contributed by atoms with Crippen LogP contribution in [0.15, 0.2) is 0 Å². The molecule has 0 unspecified atom stereocenters. The van der Waals surface area contributed by atoms with E-state index in [1.807, 2.05) is 13.8 Å². The van der Waals surface area contributed by atoms with E-state index in [2.05, 4.69) is 20.8 Å². The lowest BCUT2D eigenvalue weighted by molar-refractivity contribution is -0.161. The van der Waals surface area contributed by atoms with Gasteiger partial charge >= 0.3 is 5.97 Å². The van der Waals surface area contributed by atoms with Crippen LogP contribution in [0.3, 0.4) is 0 Å². The number of carbonyl (C=O) groups excluding carboxylic acids is 1. The highest BCUT2D eigenvalue weighted by molar-refractivity contribution is 5.71. The van der Waals surface area contributed by atoms with Crippen LogP contribution in [-0.2, 0) is 9.53 Å². The molecular formula is C14H24O3. The van der Waals surface area contributed by atoms with Gasteiger partial charge in [-0.3, -0.25) is 4.79 Å². The molecule has 0 aliphatic heterocycles. The topological polar surface area (TPSA) is 46.5 Å². The van der Waals surface area contributed by atoms with E-state index < -0.39 is 0 Å². The summed E-state index contributed by atoms with van der Waals surface area (Å²) < 4.78 is 5.64. The zero-order valence-corrected chi connectivity index (χ0v) is 11.5. The summed E-state index contributed by atoms with van der Waals surface area (Å²) in [6, 6.07) is 0. The Hall–Kier alpha value is -0.570. The maximum atomic E-state index is 11.7. The van der Waals surface area contributed by atoms with Crippen molar-refractivity contribution in [3.05, 3.63) is 0 Å². The Kier molecular flexibility index (Phi) is 2.81. The highest BCUT2D eigenvalue weighted by Crippen LogP contribution is 2.66. The van der Waals surface area contributed by atoms with E-state index in [1.54, 1.807) is 0 Å². The lowest BCUT2D eigenvalue weighted by atomic mass is 9.70. The molecule has 2 rings (SSSR count). The van der Waals surface area contributed by atoms with Crippen LogP contribution >= 0.6 is 0 Å². The monoisotopic (exact) mass is 240 g/mol. The van der Waals surface area contributed by atoms with Crippen LogP contribution < -0.4 is 0 Å². The normalized spacial score (nSPS) is 43.1. The van der Waals surface area contributed by atoms with Gasteiger partial charge in [-0.2, -0.15) is 0 Å². The largest absolute Gasteiger partial charge is 0.462 e. The fourth-order valence-corrected chi connectivity index (χ4v) is 3.69. The highest BCUT2D eigenvalue weighted by Gasteiger charge is 2.66. The van der Waals surface area contributed by atoms with Gasteiger partial charge in [0.2, 0.25) is 0 Å². The van der Waals surface area contributed by atoms with Gasteiger partial charge in [-0.25, -0.2) is 0 Å². The van der Waals surface area contributed by atoms with Crippen molar-refractivity contribution >= 4 is 5.97 Å². The fourth-order valence-electron chi connectivity index (χ4n) is 3.69. The van der Waals surface area contributed by atoms with E-state index in [0.717, 1.165) is 12.8 Å². The molecule has 4 atom stereocenters. The summed E-state index contributed by atoms with van der Waals surface area (Å²) in [5.74, 6) is 0.0669. The van der Waals surface area contributed by atoms with Crippen LogP contribution in [-0.4, -0.2) is 23.3 Å². The van der Waals surface area contributed by atoms with E-state index in [9.17, 15) is 9.90 Å². The number of fused-ring (bicyclic) bond motifs is 2. The summed E-state index contributed by atoms with van der Waals surface area (Å²) in [6.45, 7) is 10.3. The summed E-state index contributed by atoms with van der Waals surface area (Å²) in [6.07, 6.45) is 1.30. The number of esters is 1. The average molecular weight is 240 g/mol. The first-order valence-corrected chi connectivity index (χ1v) is 6.58. The Bertz CT molecular complexity index is 334. The van der Waals surface area contributed by atoms with Crippen molar-refractivity contribution in [3.8, 4) is 0 Å². The lowest BCUT2D eigenvalue weighted by Crippen LogP contribution is -2.40. The second-order valence-electron chi connectivity index (χ2n) is 6.83. The molecule has 17 heavy (non-hydrogen) atoms. The molecule has 2 saturated carbocycles. The maximum Gasteiger partial charge on any atom is 0.308 e. The summed E-state index contributed by atoms with van der Waals surface area (Å²) in [7, 11) is 0. The van der Waals surface area contributed by atoms with Gasteiger partial charge < -0.3 is 9.84 Å². The number of hydrogen-bond acceptors (Lipinski definition) is 3. The predicted octanol–water partition coefficient (Wildman–Crippen LogP) is 2.37. The van der Waals surface area contributed by atoms with Crippen molar-refractivity contribution in [2.45, 2.75) is 59.7 Å². The number of ether oxygens (including phenoxy) is 1. The molecule has 0 aromatic carbocycles. The molecule has 0 amide bonds. The third-order valence-corrected chi connectivity index (χ3v) is 5.41. The first-order chi connectivity index (χ1) is 7.70. The zero-order valence-electron chi connectivity index (χ0n) is 11.5. The van der Waals surface area contributed by atoms with E-state index in [1.165, 1.54) is 0 Å². The van der Waals surface area contributed by atoms with Crippen LogP contribution in [0.25, 0.3) is 0 Å². The van der Waals surface area contributed by atoms with Gasteiger partial charge in [-0.15, -0.1) is 0 Å². The zero-order chi connectivity index (χ0) is 13.0. The second-order valence-corrected chi connectivity index (χ2v) is 6.83. The van der Waals surface area contributed by atoms with Gasteiger partial charge in [-0.05, 0) is 24.2 Å². The Morgan fingerprint density at radius 3 is 2.29 bits per heavy atom. The van der Waals surface area contributed by atoms with Crippen LogP contribution in [0, 0.1) is 22.7 Å². The lowest BCUT2D eigenvalue weighted by Gasteiger charge is -2.38. The van der Waals surface area contributed by atoms with Gasteiger partial charge in [0.05, 0.1) is 12.0 Å². The number of hydrogen-bond donors (Lipinski definition) is 1. The highest BCUT2D eigenvalue weighted by atomic mass is 16.5. The molecular weight excluding hydrogens is 216 g/mol. The van der Waals surface area contributed by atoms with E-state index >= 15 is 0 Å². The van der Waals surface area contributed by atoms with E-state index in [4.69, 9.17) is 4.74 Å². The summed E-state index contributed by atoms with van der Waals surface area (Å²) >= 11 is 0. The molecule has 0 aromatic heterocycles. The molecule has 3 nitrogen and oxygen atoms in total. The molecule has 1 N–H and O–H groups in total. The van der Waals surface area contributed by atoms with Crippen LogP contribution in [0.5, 0.6) is 0 Å². The molecule has 0 aromatic rings. The SMILES string of the molecule is CC(C)C(=O)O[C@@H]1C[C@H]2[C@H](O)C[C@]1(C)C2(C)C. The maximum absolute atomic E-state index is 11.7. The van der Waals surface area contributed by atoms with Crippen molar-refractivity contribution in [2.24, 2.45) is 22.7 Å². The van der Waals surface area contributed by atoms with Crippen molar-refractivity contribution < 1.29 is 14.6 Å². The van der Waals surface area contributed by atoms with Crippen LogP contribution in [0.1, 0.15) is 47.5 Å². The number of rotatable bonds is 2. The Labute approximate surface area is 104 Å². The minimum absolute atomic E-state index is 0.0270. The third kappa shape index (κ3) is 1.62. The van der Waals surface area contributed by atoms with Gasteiger partial charge in [0, 0.05) is 5.41 Å². The number of carbonyl (C=O) groups is 1. The van der Waals surface area contributed by atoms with Gasteiger partial charge in [0.1, 0.15) is 6.10 Å². The van der Waals surface area contributed by atoms with Gasteiger partial charge in [-0.1, -0.05) is 34.6 Å². The first kappa shape index (κ1) is 12.9. The molecule has 0 radical (unpaired) electrons. The number of aliphatic hydroxyl groups is 1. The quantitative estimate of drug-likeness (QED) is 0.754. The van der Waals surface area contributed by atoms with Crippen molar-refractivity contribution in [1.29, 1.82) is 0 Å². The molecule has 0 heterocycles. The molecule has 98 valence electrons. The van der Waals surface area contributed by atoms with Gasteiger partial charge in [0.25, 0.3) is 0 Å². The standard InChI is InChI=1S/C14H24O3/c1-8(2)12(16)17-11-6-9-10(15)7-14(11,5)13(9,3)4/h8-11,15H,6-7H2,1-5H3/t9-,10+,11+,14-/m0/s1. The Morgan fingerprint density at radius 2 is 1.94 bits per heavy atom. The van der Waals surface area contributed by atoms with Crippen LogP contribution in [0.4, 0.5) is 0 Å². The molecule has 0 saturated heterocycles. The Morgan fingerprint density at radius 1 is 1.35 bits per heavy atom. The predicted molar refractivity (Wildman–Crippen MR) is 65.3 cm³/mol. The minimum atomic E-state index is -0.232. The molecule has 2 fully saturated rings. The summed E-state index contributed by atoms with van der Waals surface area (Å²) in [4.78, 5) is 11.7. The van der Waals surface area contributed by atoms with Crippen LogP contribution in [0.2, 0.25) is 0 Å². The third-order valence-electron chi connectivity index (χ3n) is 5.41. The number of aliphatic hydroxyl groups excluding tert-OH is 1. The summed E-state index contributed by atoms with van der Waals surface area (Å²) in [5.41, 5.74) is -0.0318. The minimum Gasteiger partial charge on any atom is -0.462 e. The molecule has 3 heteroatoms. The second kappa shape index (κ2) is 3.71. The summed E-state index contributed by atoms with van der Waals surface area (Å²) in [5, 5.41) is 10.0. The fraction of sp³-hybridized carbons (Fsp3) is 0.929. The average Bonchev–Trinajstić information content (AvgIpc) is 2.47. The Balaban J connectivity index is 2.17. The first-order valence-electron chi connectivity index (χ1n) is 6.58. The molecule has 2 aliphatic rings. The molecule has 2 aliphatic carbocycles. The van der Waals surface area contributed by atoms with E-state index in [-0.39, 0.29) is 40.8 Å². The smallest absolute Gasteiger partial charge is 0.308 e. The van der Waals surface area contributed by atoms with E-state index in [0.29, 0.717) is 0 Å². The van der Waals surface area contributed by atoms with Crippen molar-refractivity contribution in [3.63, 3.8) is 0 Å². The van der Waals surface area contributed by atoms with Crippen molar-refractivity contribution in [2.75, 3.05) is 0 Å². The molecule has 2 bridgehead atoms.